The van der Waals surface area contributed by atoms with Gasteiger partial charge < -0.3 is 4.74 Å². The number of aryl methyl sites for hydroxylation is 1. The maximum Gasteiger partial charge on any atom is 0.0669 e. The molecule has 17 heavy (non-hydrogen) atoms. The monoisotopic (exact) mass is 258 g/mol. The SMILES string of the molecule is Cc1nn(CCOC(C)(C)C)c(C)c1C(C)Cl. The van der Waals surface area contributed by atoms with Gasteiger partial charge in [0.2, 0.25) is 0 Å². The third-order valence-corrected chi connectivity index (χ3v) is 2.89. The Morgan fingerprint density at radius 1 is 1.35 bits per heavy atom. The molecule has 1 rings (SSSR count). The van der Waals surface area contributed by atoms with E-state index in [1.807, 2.05) is 18.5 Å². The first-order valence-corrected chi connectivity index (χ1v) is 6.48. The molecule has 0 aliphatic heterocycles. The van der Waals surface area contributed by atoms with Crippen LogP contribution < -0.4 is 0 Å². The van der Waals surface area contributed by atoms with Crippen molar-refractivity contribution in [1.82, 2.24) is 9.78 Å². The second-order valence-electron chi connectivity index (χ2n) is 5.38. The van der Waals surface area contributed by atoms with Crippen LogP contribution in [0.25, 0.3) is 0 Å². The summed E-state index contributed by atoms with van der Waals surface area (Å²) in [6, 6.07) is 0. The van der Waals surface area contributed by atoms with Crippen LogP contribution in [0.5, 0.6) is 0 Å². The van der Waals surface area contributed by atoms with Gasteiger partial charge in [0.05, 0.1) is 29.8 Å². The maximum atomic E-state index is 6.15. The average Bonchev–Trinajstić information content (AvgIpc) is 2.39. The van der Waals surface area contributed by atoms with Gasteiger partial charge in [-0.1, -0.05) is 0 Å². The molecule has 0 spiro atoms. The molecular formula is C13H23ClN2O. The highest BCUT2D eigenvalue weighted by Gasteiger charge is 2.16. The summed E-state index contributed by atoms with van der Waals surface area (Å²) in [6.45, 7) is 13.7. The van der Waals surface area contributed by atoms with E-state index in [2.05, 4.69) is 32.8 Å². The third kappa shape index (κ3) is 4.00. The van der Waals surface area contributed by atoms with E-state index in [9.17, 15) is 0 Å². The lowest BCUT2D eigenvalue weighted by atomic mass is 10.1. The molecule has 3 nitrogen and oxygen atoms in total. The van der Waals surface area contributed by atoms with Gasteiger partial charge in [-0.05, 0) is 41.5 Å². The molecule has 1 aromatic rings. The molecule has 0 aliphatic carbocycles. The van der Waals surface area contributed by atoms with E-state index in [0.29, 0.717) is 6.61 Å². The van der Waals surface area contributed by atoms with Crippen LogP contribution in [0.2, 0.25) is 0 Å². The fourth-order valence-electron chi connectivity index (χ4n) is 1.94. The van der Waals surface area contributed by atoms with E-state index < -0.39 is 0 Å². The summed E-state index contributed by atoms with van der Waals surface area (Å²) in [6.07, 6.45) is 0. The summed E-state index contributed by atoms with van der Waals surface area (Å²) < 4.78 is 7.69. The summed E-state index contributed by atoms with van der Waals surface area (Å²) >= 11 is 6.15. The molecule has 0 amide bonds. The molecule has 1 unspecified atom stereocenters. The van der Waals surface area contributed by atoms with Crippen LogP contribution in [0.1, 0.15) is 50.0 Å². The molecule has 0 N–H and O–H groups in total. The first-order chi connectivity index (χ1) is 7.72. The van der Waals surface area contributed by atoms with Gasteiger partial charge in [-0.15, -0.1) is 11.6 Å². The summed E-state index contributed by atoms with van der Waals surface area (Å²) in [5.74, 6) is 0. The van der Waals surface area contributed by atoms with E-state index in [-0.39, 0.29) is 11.0 Å². The van der Waals surface area contributed by atoms with Crippen molar-refractivity contribution in [2.24, 2.45) is 0 Å². The summed E-state index contributed by atoms with van der Waals surface area (Å²) in [4.78, 5) is 0. The van der Waals surface area contributed by atoms with Crippen molar-refractivity contribution in [3.63, 3.8) is 0 Å². The van der Waals surface area contributed by atoms with Crippen molar-refractivity contribution in [2.75, 3.05) is 6.61 Å². The zero-order chi connectivity index (χ0) is 13.2. The predicted molar refractivity (Wildman–Crippen MR) is 71.7 cm³/mol. The fourth-order valence-corrected chi connectivity index (χ4v) is 2.26. The molecule has 0 saturated carbocycles. The van der Waals surface area contributed by atoms with E-state index >= 15 is 0 Å². The van der Waals surface area contributed by atoms with Gasteiger partial charge in [0.15, 0.2) is 0 Å². The molecule has 1 heterocycles. The zero-order valence-corrected chi connectivity index (χ0v) is 12.4. The molecule has 0 fully saturated rings. The smallest absolute Gasteiger partial charge is 0.0669 e. The van der Waals surface area contributed by atoms with E-state index in [1.165, 1.54) is 0 Å². The Bertz CT molecular complexity index is 378. The lowest BCUT2D eigenvalue weighted by molar-refractivity contribution is -0.00810. The van der Waals surface area contributed by atoms with E-state index in [0.717, 1.165) is 23.5 Å². The van der Waals surface area contributed by atoms with Gasteiger partial charge in [-0.3, -0.25) is 4.68 Å². The quantitative estimate of drug-likeness (QED) is 0.772. The molecule has 0 bridgehead atoms. The van der Waals surface area contributed by atoms with Crippen molar-refractivity contribution in [1.29, 1.82) is 0 Å². The molecule has 0 radical (unpaired) electrons. The number of hydrogen-bond donors (Lipinski definition) is 0. The minimum Gasteiger partial charge on any atom is -0.374 e. The third-order valence-electron chi connectivity index (χ3n) is 2.67. The molecular weight excluding hydrogens is 236 g/mol. The van der Waals surface area contributed by atoms with Crippen LogP contribution in [0.15, 0.2) is 0 Å². The number of alkyl halides is 1. The molecule has 1 atom stereocenters. The summed E-state index contributed by atoms with van der Waals surface area (Å²) in [5.41, 5.74) is 3.20. The average molecular weight is 259 g/mol. The Morgan fingerprint density at radius 2 is 1.94 bits per heavy atom. The van der Waals surface area contributed by atoms with Gasteiger partial charge in [0.25, 0.3) is 0 Å². The molecule has 1 aromatic heterocycles. The van der Waals surface area contributed by atoms with E-state index in [1.54, 1.807) is 0 Å². The Morgan fingerprint density at radius 3 is 2.35 bits per heavy atom. The van der Waals surface area contributed by atoms with Crippen LogP contribution in [0.4, 0.5) is 0 Å². The summed E-state index contributed by atoms with van der Waals surface area (Å²) in [7, 11) is 0. The molecule has 0 aliphatic rings. The Hall–Kier alpha value is -0.540. The highest BCUT2D eigenvalue weighted by molar-refractivity contribution is 6.20. The van der Waals surface area contributed by atoms with Gasteiger partial charge in [-0.2, -0.15) is 5.10 Å². The molecule has 98 valence electrons. The minimum absolute atomic E-state index is 0.00674. The largest absolute Gasteiger partial charge is 0.374 e. The van der Waals surface area contributed by atoms with Crippen LogP contribution in [0, 0.1) is 13.8 Å². The number of hydrogen-bond acceptors (Lipinski definition) is 2. The van der Waals surface area contributed by atoms with Gasteiger partial charge in [-0.25, -0.2) is 0 Å². The highest BCUT2D eigenvalue weighted by atomic mass is 35.5. The first kappa shape index (κ1) is 14.5. The van der Waals surface area contributed by atoms with Gasteiger partial charge >= 0.3 is 0 Å². The van der Waals surface area contributed by atoms with Crippen molar-refractivity contribution in [3.05, 3.63) is 17.0 Å². The zero-order valence-electron chi connectivity index (χ0n) is 11.7. The molecule has 4 heteroatoms. The standard InChI is InChI=1S/C13H23ClN2O/c1-9(14)12-10(2)15-16(11(12)3)7-8-17-13(4,5)6/h9H,7-8H2,1-6H3. The lowest BCUT2D eigenvalue weighted by Crippen LogP contribution is -2.22. The van der Waals surface area contributed by atoms with Gasteiger partial charge in [0, 0.05) is 11.3 Å². The maximum absolute atomic E-state index is 6.15. The van der Waals surface area contributed by atoms with Crippen molar-refractivity contribution in [2.45, 2.75) is 59.1 Å². The number of ether oxygens (including phenoxy) is 1. The Kier molecular flexibility index (Phi) is 4.62. The second-order valence-corrected chi connectivity index (χ2v) is 6.04. The molecule has 0 saturated heterocycles. The van der Waals surface area contributed by atoms with Crippen LogP contribution in [-0.2, 0) is 11.3 Å². The first-order valence-electron chi connectivity index (χ1n) is 6.04. The number of rotatable bonds is 4. The number of aromatic nitrogens is 2. The van der Waals surface area contributed by atoms with E-state index in [4.69, 9.17) is 16.3 Å². The van der Waals surface area contributed by atoms with Crippen LogP contribution in [-0.4, -0.2) is 22.0 Å². The van der Waals surface area contributed by atoms with Crippen LogP contribution in [0.3, 0.4) is 0 Å². The van der Waals surface area contributed by atoms with Crippen molar-refractivity contribution in [3.8, 4) is 0 Å². The normalized spacial score (nSPS) is 14.1. The second kappa shape index (κ2) is 5.40. The lowest BCUT2D eigenvalue weighted by Gasteiger charge is -2.19. The summed E-state index contributed by atoms with van der Waals surface area (Å²) in [5, 5.41) is 4.51. The predicted octanol–water partition coefficient (Wildman–Crippen LogP) is 3.61. The Balaban J connectivity index is 2.70. The fraction of sp³-hybridized carbons (Fsp3) is 0.769. The van der Waals surface area contributed by atoms with Crippen LogP contribution >= 0.6 is 11.6 Å². The Labute approximate surface area is 109 Å². The van der Waals surface area contributed by atoms with Gasteiger partial charge in [0.1, 0.15) is 0 Å². The molecule has 0 aromatic carbocycles. The minimum atomic E-state index is -0.0985. The van der Waals surface area contributed by atoms with Crippen molar-refractivity contribution >= 4 is 11.6 Å². The highest BCUT2D eigenvalue weighted by Crippen LogP contribution is 2.26. The number of halogens is 1. The topological polar surface area (TPSA) is 27.1 Å². The number of nitrogens with zero attached hydrogens (tertiary/aromatic N) is 2. The van der Waals surface area contributed by atoms with Crippen molar-refractivity contribution < 1.29 is 4.74 Å².